The molecule has 2 aromatic heterocycles. The van der Waals surface area contributed by atoms with Gasteiger partial charge < -0.3 is 14.5 Å². The summed E-state index contributed by atoms with van der Waals surface area (Å²) < 4.78 is 13.9. The minimum absolute atomic E-state index is 0.0796. The Balaban J connectivity index is 1.20. The van der Waals surface area contributed by atoms with Crippen LogP contribution in [0.5, 0.6) is 0 Å². The number of fused-ring (bicyclic) bond motifs is 1. The lowest BCUT2D eigenvalue weighted by Crippen LogP contribution is -2.46. The predicted molar refractivity (Wildman–Crippen MR) is 146 cm³/mol. The average molecular weight is 525 g/mol. The van der Waals surface area contributed by atoms with Gasteiger partial charge in [0, 0.05) is 23.9 Å². The van der Waals surface area contributed by atoms with Crippen LogP contribution in [0.3, 0.4) is 0 Å². The molecule has 0 spiro atoms. The maximum absolute atomic E-state index is 12.1. The molecule has 5 rings (SSSR count). The van der Waals surface area contributed by atoms with Crippen molar-refractivity contribution in [1.29, 1.82) is 0 Å². The van der Waals surface area contributed by atoms with Gasteiger partial charge in [0.25, 0.3) is 0 Å². The Kier molecular flexibility index (Phi) is 7.02. The first kappa shape index (κ1) is 25.4. The van der Waals surface area contributed by atoms with Crippen molar-refractivity contribution in [3.05, 3.63) is 36.4 Å². The highest BCUT2D eigenvalue weighted by Gasteiger charge is 2.42. The van der Waals surface area contributed by atoms with E-state index in [1.165, 1.54) is 11.3 Å². The van der Waals surface area contributed by atoms with Crippen LogP contribution in [0.15, 0.2) is 30.6 Å². The normalized spacial score (nSPS) is 20.7. The highest BCUT2D eigenvalue weighted by molar-refractivity contribution is 7.22. The number of amides is 1. The SMILES string of the molecule is CC(C)(C)[Si](C)(C)OC1CCC[C@@H]1OCc1ncc(-c2ccc3nc(NC(=O)C4CC4)sc3c2)cn1. The van der Waals surface area contributed by atoms with Gasteiger partial charge in [0.05, 0.1) is 22.4 Å². The summed E-state index contributed by atoms with van der Waals surface area (Å²) in [5.74, 6) is 0.924. The molecule has 1 N–H and O–H groups in total. The number of hydrogen-bond acceptors (Lipinski definition) is 7. The first-order chi connectivity index (χ1) is 17.1. The van der Waals surface area contributed by atoms with Crippen molar-refractivity contribution in [2.45, 2.75) is 89.8 Å². The summed E-state index contributed by atoms with van der Waals surface area (Å²) >= 11 is 1.50. The average Bonchev–Trinajstić information content (AvgIpc) is 3.47. The van der Waals surface area contributed by atoms with E-state index in [0.29, 0.717) is 17.6 Å². The number of aromatic nitrogens is 3. The molecule has 36 heavy (non-hydrogen) atoms. The first-order valence-electron chi connectivity index (χ1n) is 12.9. The highest BCUT2D eigenvalue weighted by atomic mass is 32.1. The van der Waals surface area contributed by atoms with Crippen molar-refractivity contribution < 1.29 is 14.0 Å². The summed E-state index contributed by atoms with van der Waals surface area (Å²) in [6.07, 6.45) is 9.14. The summed E-state index contributed by atoms with van der Waals surface area (Å²) in [6.45, 7) is 11.8. The smallest absolute Gasteiger partial charge is 0.229 e. The second kappa shape index (κ2) is 9.93. The summed E-state index contributed by atoms with van der Waals surface area (Å²) in [5, 5.41) is 3.79. The van der Waals surface area contributed by atoms with Gasteiger partial charge in [0.15, 0.2) is 19.3 Å². The summed E-state index contributed by atoms with van der Waals surface area (Å²) in [7, 11) is -1.83. The Morgan fingerprint density at radius 2 is 1.81 bits per heavy atom. The lowest BCUT2D eigenvalue weighted by Gasteiger charge is -2.39. The number of carbonyl (C=O) groups is 1. The third-order valence-corrected chi connectivity index (χ3v) is 13.1. The molecule has 2 atom stereocenters. The summed E-state index contributed by atoms with van der Waals surface area (Å²) in [6, 6.07) is 6.08. The molecule has 0 aliphatic heterocycles. The Morgan fingerprint density at radius 3 is 2.50 bits per heavy atom. The molecule has 0 bridgehead atoms. The van der Waals surface area contributed by atoms with E-state index in [1.54, 1.807) is 0 Å². The van der Waals surface area contributed by atoms with Gasteiger partial charge >= 0.3 is 0 Å². The van der Waals surface area contributed by atoms with Crippen LogP contribution in [0.25, 0.3) is 21.3 Å². The quantitative estimate of drug-likeness (QED) is 0.336. The third kappa shape index (κ3) is 5.69. The van der Waals surface area contributed by atoms with Gasteiger partial charge in [-0.1, -0.05) is 38.2 Å². The number of anilines is 1. The summed E-state index contributed by atoms with van der Waals surface area (Å²) in [4.78, 5) is 25.7. The van der Waals surface area contributed by atoms with E-state index in [-0.39, 0.29) is 29.1 Å². The molecule has 2 aliphatic rings. The van der Waals surface area contributed by atoms with Crippen LogP contribution in [0, 0.1) is 5.92 Å². The first-order valence-corrected chi connectivity index (χ1v) is 16.6. The lowest BCUT2D eigenvalue weighted by molar-refractivity contribution is -0.117. The third-order valence-electron chi connectivity index (χ3n) is 7.68. The van der Waals surface area contributed by atoms with Crippen molar-refractivity contribution in [1.82, 2.24) is 15.0 Å². The van der Waals surface area contributed by atoms with Crippen LogP contribution in [-0.4, -0.2) is 41.4 Å². The molecule has 1 unspecified atom stereocenters. The fraction of sp³-hybridized carbons (Fsp3) is 0.556. The van der Waals surface area contributed by atoms with E-state index >= 15 is 0 Å². The van der Waals surface area contributed by atoms with Crippen molar-refractivity contribution in [2.75, 3.05) is 5.32 Å². The second-order valence-corrected chi connectivity index (χ2v) is 17.3. The lowest BCUT2D eigenvalue weighted by atomic mass is 10.1. The van der Waals surface area contributed by atoms with E-state index in [9.17, 15) is 4.79 Å². The van der Waals surface area contributed by atoms with E-state index in [1.807, 2.05) is 24.5 Å². The van der Waals surface area contributed by atoms with Crippen LogP contribution in [0.2, 0.25) is 18.1 Å². The Bertz CT molecular complexity index is 1230. The van der Waals surface area contributed by atoms with Crippen LogP contribution in [0.1, 0.15) is 58.7 Å². The Hall–Kier alpha value is -2.20. The number of ether oxygens (including phenoxy) is 1. The van der Waals surface area contributed by atoms with Crippen molar-refractivity contribution >= 4 is 40.9 Å². The second-order valence-electron chi connectivity index (χ2n) is 11.5. The fourth-order valence-corrected chi connectivity index (χ4v) is 6.53. The van der Waals surface area contributed by atoms with E-state index in [4.69, 9.17) is 9.16 Å². The molecule has 2 aliphatic carbocycles. The number of thiazole rings is 1. The zero-order valence-electron chi connectivity index (χ0n) is 21.8. The minimum Gasteiger partial charge on any atom is -0.411 e. The summed E-state index contributed by atoms with van der Waals surface area (Å²) in [5.41, 5.74) is 2.85. The molecular weight excluding hydrogens is 488 g/mol. The predicted octanol–water partition coefficient (Wildman–Crippen LogP) is 6.56. The molecule has 1 aromatic carbocycles. The van der Waals surface area contributed by atoms with Crippen molar-refractivity contribution in [2.24, 2.45) is 5.92 Å². The topological polar surface area (TPSA) is 86.2 Å². The van der Waals surface area contributed by atoms with Crippen LogP contribution >= 0.6 is 11.3 Å². The van der Waals surface area contributed by atoms with E-state index < -0.39 is 8.32 Å². The standard InChI is InChI=1S/C27H36N4O3SSi/c1-27(2,3)36(4,5)34-22-8-6-7-21(22)33-16-24-28-14-19(15-29-24)18-11-12-20-23(13-18)35-26(30-20)31-25(32)17-9-10-17/h11-15,17,21-22H,6-10,16H2,1-5H3,(H,30,31,32)/t21-,22?/m0/s1. The van der Waals surface area contributed by atoms with Crippen LogP contribution < -0.4 is 5.32 Å². The molecule has 0 saturated heterocycles. The van der Waals surface area contributed by atoms with Gasteiger partial charge in [-0.15, -0.1) is 0 Å². The Labute approximate surface area is 218 Å². The maximum Gasteiger partial charge on any atom is 0.229 e. The Morgan fingerprint density at radius 1 is 1.08 bits per heavy atom. The highest BCUT2D eigenvalue weighted by Crippen LogP contribution is 2.40. The molecule has 2 heterocycles. The molecule has 0 radical (unpaired) electrons. The van der Waals surface area contributed by atoms with Gasteiger partial charge in [-0.05, 0) is 67.9 Å². The number of benzene rings is 1. The van der Waals surface area contributed by atoms with Crippen LogP contribution in [-0.2, 0) is 20.6 Å². The van der Waals surface area contributed by atoms with Gasteiger partial charge in [0.2, 0.25) is 5.91 Å². The maximum atomic E-state index is 12.1. The van der Waals surface area contributed by atoms with E-state index in [2.05, 4.69) is 60.2 Å². The zero-order chi connectivity index (χ0) is 25.5. The molecule has 2 saturated carbocycles. The number of hydrogen-bond donors (Lipinski definition) is 1. The van der Waals surface area contributed by atoms with Crippen LogP contribution in [0.4, 0.5) is 5.13 Å². The van der Waals surface area contributed by atoms with Crippen molar-refractivity contribution in [3.8, 4) is 11.1 Å². The number of carbonyl (C=O) groups excluding carboxylic acids is 1. The number of nitrogens with zero attached hydrogens (tertiary/aromatic N) is 3. The van der Waals surface area contributed by atoms with Gasteiger partial charge in [-0.3, -0.25) is 4.79 Å². The van der Waals surface area contributed by atoms with Gasteiger partial charge in [0.1, 0.15) is 6.61 Å². The number of nitrogens with one attached hydrogen (secondary N) is 1. The molecule has 1 amide bonds. The number of rotatable bonds is 8. The zero-order valence-corrected chi connectivity index (χ0v) is 23.7. The van der Waals surface area contributed by atoms with Gasteiger partial charge in [-0.2, -0.15) is 0 Å². The molecule has 7 nitrogen and oxygen atoms in total. The van der Waals surface area contributed by atoms with E-state index in [0.717, 1.165) is 53.4 Å². The fourth-order valence-electron chi connectivity index (χ4n) is 4.24. The van der Waals surface area contributed by atoms with Gasteiger partial charge in [-0.25, -0.2) is 15.0 Å². The van der Waals surface area contributed by atoms with Crippen molar-refractivity contribution in [3.63, 3.8) is 0 Å². The minimum atomic E-state index is -1.83. The largest absolute Gasteiger partial charge is 0.411 e. The molecule has 3 aromatic rings. The molecule has 192 valence electrons. The monoisotopic (exact) mass is 524 g/mol. The molecule has 9 heteroatoms. The molecule has 2 fully saturated rings. The molecular formula is C27H36N4O3SSi.